The lowest BCUT2D eigenvalue weighted by Gasteiger charge is -2.42. The Labute approximate surface area is 196 Å². The van der Waals surface area contributed by atoms with Gasteiger partial charge in [-0.05, 0) is 75.3 Å². The van der Waals surface area contributed by atoms with E-state index in [0.29, 0.717) is 11.5 Å². The summed E-state index contributed by atoms with van der Waals surface area (Å²) in [6.45, 7) is 4.41. The third kappa shape index (κ3) is 4.48. The van der Waals surface area contributed by atoms with E-state index in [1.807, 2.05) is 36.5 Å². The van der Waals surface area contributed by atoms with Crippen LogP contribution in [-0.2, 0) is 0 Å². The van der Waals surface area contributed by atoms with Gasteiger partial charge in [0.15, 0.2) is 0 Å². The van der Waals surface area contributed by atoms with Crippen molar-refractivity contribution < 1.29 is 9.84 Å². The first-order valence-electron chi connectivity index (χ1n) is 12.0. The maximum atomic E-state index is 9.86. The molecular weight excluding hydrogens is 422 g/mol. The summed E-state index contributed by atoms with van der Waals surface area (Å²) in [5.74, 6) is 1.76. The largest absolute Gasteiger partial charge is 0.497 e. The fourth-order valence-electron chi connectivity index (χ4n) is 6.03. The minimum absolute atomic E-state index is 0.0814. The Bertz CT molecular complexity index is 929. The van der Waals surface area contributed by atoms with Crippen LogP contribution >= 0.6 is 11.6 Å². The number of aliphatic hydroxyl groups is 1. The van der Waals surface area contributed by atoms with E-state index in [0.717, 1.165) is 66.5 Å². The van der Waals surface area contributed by atoms with Crippen LogP contribution < -0.4 is 9.64 Å². The molecule has 0 unspecified atom stereocenters. The number of anilines is 1. The quantitative estimate of drug-likeness (QED) is 0.702. The maximum absolute atomic E-state index is 9.86. The van der Waals surface area contributed by atoms with Crippen molar-refractivity contribution in [2.75, 3.05) is 38.2 Å². The number of hydrogen-bond donors (Lipinski definition) is 1. The molecular formula is C26H34ClN3O2. The second-order valence-electron chi connectivity index (χ2n) is 9.97. The molecule has 3 heterocycles. The summed E-state index contributed by atoms with van der Waals surface area (Å²) in [5.41, 5.74) is 2.46. The van der Waals surface area contributed by atoms with Gasteiger partial charge in [-0.15, -0.1) is 0 Å². The number of hydrogen-bond acceptors (Lipinski definition) is 5. The molecule has 3 fully saturated rings. The van der Waals surface area contributed by atoms with Crippen LogP contribution in [0, 0.1) is 5.41 Å². The van der Waals surface area contributed by atoms with Crippen molar-refractivity contribution in [1.82, 2.24) is 9.88 Å². The summed E-state index contributed by atoms with van der Waals surface area (Å²) in [7, 11) is 1.68. The normalized spacial score (nSPS) is 28.9. The molecule has 1 aromatic carbocycles. The molecule has 0 bridgehead atoms. The standard InChI is InChI=1S/C26H34ClN3O2/c1-32-23-9-3-19(4-10-23)20-15-24(27)25(28-16-20)30-13-2-11-26(18-30)12-14-29(17-26)21-5-7-22(31)8-6-21/h3-4,9-10,15-16,21-22,31H,2,5-8,11-14,17-18H2,1H3/t21-,22+,26-/m1/s1. The summed E-state index contributed by atoms with van der Waals surface area (Å²) < 4.78 is 5.26. The molecule has 1 saturated carbocycles. The topological polar surface area (TPSA) is 48.8 Å². The van der Waals surface area contributed by atoms with Gasteiger partial charge in [0.2, 0.25) is 0 Å². The van der Waals surface area contributed by atoms with Gasteiger partial charge in [0.25, 0.3) is 0 Å². The second-order valence-corrected chi connectivity index (χ2v) is 10.4. The summed E-state index contributed by atoms with van der Waals surface area (Å²) in [6, 6.07) is 10.7. The molecule has 1 atom stereocenters. The van der Waals surface area contributed by atoms with Crippen molar-refractivity contribution in [1.29, 1.82) is 0 Å². The van der Waals surface area contributed by atoms with Crippen molar-refractivity contribution in [3.8, 4) is 16.9 Å². The smallest absolute Gasteiger partial charge is 0.147 e. The zero-order valence-corrected chi connectivity index (χ0v) is 19.7. The molecule has 2 saturated heterocycles. The Balaban J connectivity index is 1.28. The van der Waals surface area contributed by atoms with E-state index >= 15 is 0 Å². The van der Waals surface area contributed by atoms with Crippen LogP contribution in [0.15, 0.2) is 36.5 Å². The SMILES string of the molecule is COc1ccc(-c2cnc(N3CCC[C@]4(CCN([C@H]5CC[C@@H](O)CC5)C4)C3)c(Cl)c2)cc1. The summed E-state index contributed by atoms with van der Waals surface area (Å²) >= 11 is 6.77. The molecule has 5 nitrogen and oxygen atoms in total. The molecule has 2 aliphatic heterocycles. The molecule has 1 N–H and O–H groups in total. The van der Waals surface area contributed by atoms with E-state index < -0.39 is 0 Å². The molecule has 6 heteroatoms. The van der Waals surface area contributed by atoms with E-state index in [9.17, 15) is 5.11 Å². The van der Waals surface area contributed by atoms with Gasteiger partial charge in [-0.1, -0.05) is 23.7 Å². The molecule has 5 rings (SSSR count). The zero-order valence-electron chi connectivity index (χ0n) is 19.0. The van der Waals surface area contributed by atoms with Crippen LogP contribution in [0.1, 0.15) is 44.9 Å². The highest BCUT2D eigenvalue weighted by Gasteiger charge is 2.44. The van der Waals surface area contributed by atoms with Crippen LogP contribution in [0.5, 0.6) is 5.75 Å². The van der Waals surface area contributed by atoms with Crippen molar-refractivity contribution >= 4 is 17.4 Å². The van der Waals surface area contributed by atoms with Gasteiger partial charge in [0.1, 0.15) is 11.6 Å². The molecule has 2 aromatic rings. The first-order valence-corrected chi connectivity index (χ1v) is 12.4. The van der Waals surface area contributed by atoms with Crippen molar-refractivity contribution in [3.63, 3.8) is 0 Å². The number of piperidine rings is 1. The lowest BCUT2D eigenvalue weighted by molar-refractivity contribution is 0.0770. The Morgan fingerprint density at radius 2 is 1.81 bits per heavy atom. The van der Waals surface area contributed by atoms with Gasteiger partial charge in [-0.25, -0.2) is 4.98 Å². The number of aliphatic hydroxyl groups excluding tert-OH is 1. The highest BCUT2D eigenvalue weighted by molar-refractivity contribution is 6.33. The first kappa shape index (κ1) is 22.0. The van der Waals surface area contributed by atoms with Gasteiger partial charge >= 0.3 is 0 Å². The fourth-order valence-corrected chi connectivity index (χ4v) is 6.32. The number of rotatable bonds is 4. The monoisotopic (exact) mass is 455 g/mol. The number of halogens is 1. The Morgan fingerprint density at radius 1 is 1.03 bits per heavy atom. The summed E-state index contributed by atoms with van der Waals surface area (Å²) in [4.78, 5) is 9.93. The average Bonchev–Trinajstić information content (AvgIpc) is 3.22. The Kier molecular flexibility index (Phi) is 6.33. The van der Waals surface area contributed by atoms with Gasteiger partial charge < -0.3 is 14.7 Å². The second kappa shape index (κ2) is 9.20. The molecule has 0 amide bonds. The third-order valence-corrected chi connectivity index (χ3v) is 8.13. The Hall–Kier alpha value is -1.82. The number of nitrogens with zero attached hydrogens (tertiary/aromatic N) is 3. The fraction of sp³-hybridized carbons (Fsp3) is 0.577. The molecule has 172 valence electrons. The minimum atomic E-state index is -0.0814. The number of aromatic nitrogens is 1. The molecule has 1 spiro atoms. The molecule has 1 aromatic heterocycles. The highest BCUT2D eigenvalue weighted by atomic mass is 35.5. The molecule has 1 aliphatic carbocycles. The number of pyridine rings is 1. The number of benzene rings is 1. The molecule has 3 aliphatic rings. The van der Waals surface area contributed by atoms with E-state index in [2.05, 4.69) is 9.80 Å². The number of ether oxygens (including phenoxy) is 1. The van der Waals surface area contributed by atoms with Crippen molar-refractivity contribution in [3.05, 3.63) is 41.6 Å². The summed E-state index contributed by atoms with van der Waals surface area (Å²) in [6.07, 6.45) is 9.79. The molecule has 0 radical (unpaired) electrons. The van der Waals surface area contributed by atoms with Crippen molar-refractivity contribution in [2.45, 2.75) is 57.1 Å². The van der Waals surface area contributed by atoms with Gasteiger partial charge in [-0.3, -0.25) is 4.90 Å². The van der Waals surface area contributed by atoms with Crippen molar-refractivity contribution in [2.24, 2.45) is 5.41 Å². The average molecular weight is 456 g/mol. The van der Waals surface area contributed by atoms with E-state index in [1.54, 1.807) is 7.11 Å². The zero-order chi connectivity index (χ0) is 22.1. The predicted molar refractivity (Wildman–Crippen MR) is 130 cm³/mol. The highest BCUT2D eigenvalue weighted by Crippen LogP contribution is 2.43. The molecule has 32 heavy (non-hydrogen) atoms. The van der Waals surface area contributed by atoms with E-state index in [4.69, 9.17) is 21.3 Å². The maximum Gasteiger partial charge on any atom is 0.147 e. The van der Waals surface area contributed by atoms with Gasteiger partial charge in [0, 0.05) is 42.9 Å². The van der Waals surface area contributed by atoms with Crippen LogP contribution in [-0.4, -0.2) is 60.4 Å². The van der Waals surface area contributed by atoms with Gasteiger partial charge in [-0.2, -0.15) is 0 Å². The minimum Gasteiger partial charge on any atom is -0.497 e. The predicted octanol–water partition coefficient (Wildman–Crippen LogP) is 5.01. The van der Waals surface area contributed by atoms with Gasteiger partial charge in [0.05, 0.1) is 18.2 Å². The van der Waals surface area contributed by atoms with Crippen LogP contribution in [0.3, 0.4) is 0 Å². The van der Waals surface area contributed by atoms with Crippen LogP contribution in [0.2, 0.25) is 5.02 Å². The van der Waals surface area contributed by atoms with E-state index in [1.165, 1.54) is 32.4 Å². The lowest BCUT2D eigenvalue weighted by Crippen LogP contribution is -2.46. The number of likely N-dealkylation sites (tertiary alicyclic amines) is 1. The van der Waals surface area contributed by atoms with E-state index in [-0.39, 0.29) is 6.10 Å². The third-order valence-electron chi connectivity index (χ3n) is 7.86. The lowest BCUT2D eigenvalue weighted by atomic mass is 9.79. The summed E-state index contributed by atoms with van der Waals surface area (Å²) in [5, 5.41) is 10.6. The van der Waals surface area contributed by atoms with Crippen LogP contribution in [0.25, 0.3) is 11.1 Å². The van der Waals surface area contributed by atoms with Crippen LogP contribution in [0.4, 0.5) is 5.82 Å². The first-order chi connectivity index (χ1) is 15.5. The Morgan fingerprint density at radius 3 is 2.53 bits per heavy atom. The number of methoxy groups -OCH3 is 1.